The largest absolute Gasteiger partial charge is 0.497 e. The van der Waals surface area contributed by atoms with E-state index in [1.54, 1.807) is 24.3 Å². The molecule has 9 heteroatoms. The third-order valence-corrected chi connectivity index (χ3v) is 6.44. The van der Waals surface area contributed by atoms with Gasteiger partial charge in [0.15, 0.2) is 11.5 Å². The Bertz CT molecular complexity index is 1550. The van der Waals surface area contributed by atoms with E-state index >= 15 is 0 Å². The summed E-state index contributed by atoms with van der Waals surface area (Å²) in [6, 6.07) is 20.6. The SMILES string of the molecule is COc1cc(OC)cc(C(=O)Oc2cc3c(cc2OC(=O)c2cc(OC)cc(OC)c2)-c2ccccc2NC3)c1. The smallest absolute Gasteiger partial charge is 0.343 e. The zero-order valence-corrected chi connectivity index (χ0v) is 22.4. The number of methoxy groups -OCH3 is 4. The molecule has 1 N–H and O–H groups in total. The van der Waals surface area contributed by atoms with Crippen LogP contribution in [0.4, 0.5) is 5.69 Å². The van der Waals surface area contributed by atoms with Gasteiger partial charge < -0.3 is 33.7 Å². The lowest BCUT2D eigenvalue weighted by atomic mass is 9.94. The molecule has 0 bridgehead atoms. The first kappa shape index (κ1) is 26.4. The molecule has 5 rings (SSSR count). The van der Waals surface area contributed by atoms with Crippen LogP contribution in [0.1, 0.15) is 26.3 Å². The van der Waals surface area contributed by atoms with Crippen molar-refractivity contribution in [2.24, 2.45) is 0 Å². The molecule has 0 saturated heterocycles. The molecule has 1 aliphatic heterocycles. The van der Waals surface area contributed by atoms with Gasteiger partial charge in [0.2, 0.25) is 0 Å². The molecule has 1 heterocycles. The number of nitrogens with one attached hydrogen (secondary N) is 1. The van der Waals surface area contributed by atoms with E-state index in [2.05, 4.69) is 5.32 Å². The standard InChI is InChI=1S/C31H27NO8/c1-35-21-9-18(10-22(14-21)36-2)30(33)39-28-13-20-17-32-27-8-6-5-7-25(27)26(20)16-29(28)40-31(34)19-11-23(37-3)15-24(12-19)38-4/h5-16,32H,17H2,1-4H3. The molecular formula is C31H27NO8. The molecule has 40 heavy (non-hydrogen) atoms. The van der Waals surface area contributed by atoms with Crippen molar-refractivity contribution in [3.8, 4) is 45.6 Å². The third-order valence-electron chi connectivity index (χ3n) is 6.44. The minimum Gasteiger partial charge on any atom is -0.497 e. The van der Waals surface area contributed by atoms with Gasteiger partial charge in [0.1, 0.15) is 23.0 Å². The fourth-order valence-electron chi connectivity index (χ4n) is 4.39. The van der Waals surface area contributed by atoms with Crippen LogP contribution in [0, 0.1) is 0 Å². The number of carbonyl (C=O) groups excluding carboxylic acids is 2. The maximum atomic E-state index is 13.3. The number of esters is 2. The second-order valence-electron chi connectivity index (χ2n) is 8.84. The maximum absolute atomic E-state index is 13.3. The molecule has 9 nitrogen and oxygen atoms in total. The zero-order valence-electron chi connectivity index (χ0n) is 22.4. The van der Waals surface area contributed by atoms with Gasteiger partial charge in [-0.25, -0.2) is 9.59 Å². The van der Waals surface area contributed by atoms with E-state index in [0.29, 0.717) is 29.5 Å². The number of para-hydroxylation sites is 1. The topological polar surface area (TPSA) is 102 Å². The second kappa shape index (κ2) is 11.3. The lowest BCUT2D eigenvalue weighted by Gasteiger charge is -2.23. The quantitative estimate of drug-likeness (QED) is 0.221. The molecule has 0 radical (unpaired) electrons. The van der Waals surface area contributed by atoms with Crippen molar-refractivity contribution >= 4 is 17.6 Å². The lowest BCUT2D eigenvalue weighted by molar-refractivity contribution is 0.0681. The van der Waals surface area contributed by atoms with Crippen molar-refractivity contribution in [1.82, 2.24) is 0 Å². The van der Waals surface area contributed by atoms with Crippen molar-refractivity contribution in [3.05, 3.63) is 89.5 Å². The van der Waals surface area contributed by atoms with Gasteiger partial charge >= 0.3 is 11.9 Å². The van der Waals surface area contributed by atoms with E-state index in [1.165, 1.54) is 52.7 Å². The molecule has 0 atom stereocenters. The molecule has 0 amide bonds. The van der Waals surface area contributed by atoms with Crippen LogP contribution in [-0.4, -0.2) is 40.4 Å². The Labute approximate surface area is 231 Å². The maximum Gasteiger partial charge on any atom is 0.343 e. The number of fused-ring (bicyclic) bond motifs is 3. The summed E-state index contributed by atoms with van der Waals surface area (Å²) in [5, 5.41) is 3.36. The first-order valence-corrected chi connectivity index (χ1v) is 12.3. The van der Waals surface area contributed by atoms with Crippen LogP contribution in [0.15, 0.2) is 72.8 Å². The van der Waals surface area contributed by atoms with E-state index in [9.17, 15) is 9.59 Å². The molecule has 4 aromatic rings. The first-order chi connectivity index (χ1) is 19.4. The Hall–Kier alpha value is -5.18. The van der Waals surface area contributed by atoms with Gasteiger partial charge in [0.05, 0.1) is 39.6 Å². The fourth-order valence-corrected chi connectivity index (χ4v) is 4.39. The molecule has 204 valence electrons. The van der Waals surface area contributed by atoms with Crippen LogP contribution in [0.2, 0.25) is 0 Å². The van der Waals surface area contributed by atoms with Crippen LogP contribution < -0.4 is 33.7 Å². The number of carbonyl (C=O) groups is 2. The van der Waals surface area contributed by atoms with Gasteiger partial charge in [-0.1, -0.05) is 18.2 Å². The predicted molar refractivity (Wildman–Crippen MR) is 148 cm³/mol. The summed E-state index contributed by atoms with van der Waals surface area (Å²) >= 11 is 0. The van der Waals surface area contributed by atoms with Crippen molar-refractivity contribution in [2.45, 2.75) is 6.54 Å². The van der Waals surface area contributed by atoms with Crippen molar-refractivity contribution < 1.29 is 38.0 Å². The van der Waals surface area contributed by atoms with Crippen molar-refractivity contribution in [1.29, 1.82) is 0 Å². The summed E-state index contributed by atoms with van der Waals surface area (Å²) in [4.78, 5) is 26.6. The molecule has 0 unspecified atom stereocenters. The minimum atomic E-state index is -0.681. The Kier molecular flexibility index (Phi) is 7.46. The van der Waals surface area contributed by atoms with Gasteiger partial charge in [-0.2, -0.15) is 0 Å². The zero-order chi connectivity index (χ0) is 28.2. The summed E-state index contributed by atoms with van der Waals surface area (Å²) in [5.74, 6) is 0.500. The highest BCUT2D eigenvalue weighted by molar-refractivity contribution is 5.95. The second-order valence-corrected chi connectivity index (χ2v) is 8.84. The highest BCUT2D eigenvalue weighted by Crippen LogP contribution is 2.42. The monoisotopic (exact) mass is 541 g/mol. The van der Waals surface area contributed by atoms with Crippen molar-refractivity contribution in [3.63, 3.8) is 0 Å². The Morgan fingerprint density at radius 3 is 1.57 bits per heavy atom. The van der Waals surface area contributed by atoms with Crippen LogP contribution in [0.25, 0.3) is 11.1 Å². The normalized spacial score (nSPS) is 11.3. The average molecular weight is 542 g/mol. The highest BCUT2D eigenvalue weighted by atomic mass is 16.6. The number of hydrogen-bond donors (Lipinski definition) is 1. The average Bonchev–Trinajstić information content (AvgIpc) is 3.00. The number of hydrogen-bond acceptors (Lipinski definition) is 9. The van der Waals surface area contributed by atoms with Gasteiger partial charge in [-0.15, -0.1) is 0 Å². The summed E-state index contributed by atoms with van der Waals surface area (Å²) in [5.41, 5.74) is 3.99. The van der Waals surface area contributed by atoms with Gasteiger partial charge in [-0.05, 0) is 53.6 Å². The van der Waals surface area contributed by atoms with Crippen LogP contribution in [0.5, 0.6) is 34.5 Å². The fraction of sp³-hybridized carbons (Fsp3) is 0.161. The summed E-state index contributed by atoms with van der Waals surface area (Å²) in [6.07, 6.45) is 0. The van der Waals surface area contributed by atoms with Crippen molar-refractivity contribution in [2.75, 3.05) is 33.8 Å². The Morgan fingerprint density at radius 1 is 0.600 bits per heavy atom. The summed E-state index contributed by atoms with van der Waals surface area (Å²) in [6.45, 7) is 0.491. The number of ether oxygens (including phenoxy) is 6. The Balaban J connectivity index is 1.55. The van der Waals surface area contributed by atoms with Crippen LogP contribution >= 0.6 is 0 Å². The molecular weight excluding hydrogens is 514 g/mol. The highest BCUT2D eigenvalue weighted by Gasteiger charge is 2.24. The first-order valence-electron chi connectivity index (χ1n) is 12.3. The van der Waals surface area contributed by atoms with E-state index in [-0.39, 0.29) is 22.6 Å². The lowest BCUT2D eigenvalue weighted by Crippen LogP contribution is -2.15. The summed E-state index contributed by atoms with van der Waals surface area (Å²) < 4.78 is 32.8. The molecule has 0 spiro atoms. The van der Waals surface area contributed by atoms with E-state index < -0.39 is 11.9 Å². The molecule has 0 fully saturated rings. The minimum absolute atomic E-state index is 0.0745. The van der Waals surface area contributed by atoms with Gasteiger partial charge in [0, 0.05) is 29.9 Å². The molecule has 0 aromatic heterocycles. The third kappa shape index (κ3) is 5.35. The Morgan fingerprint density at radius 2 is 1.07 bits per heavy atom. The van der Waals surface area contributed by atoms with Crippen LogP contribution in [-0.2, 0) is 6.54 Å². The predicted octanol–water partition coefficient (Wildman–Crippen LogP) is 5.75. The van der Waals surface area contributed by atoms with E-state index in [0.717, 1.165) is 22.4 Å². The van der Waals surface area contributed by atoms with E-state index in [4.69, 9.17) is 28.4 Å². The van der Waals surface area contributed by atoms with Gasteiger partial charge in [-0.3, -0.25) is 0 Å². The molecule has 4 aromatic carbocycles. The van der Waals surface area contributed by atoms with Crippen LogP contribution in [0.3, 0.4) is 0 Å². The number of rotatable bonds is 8. The molecule has 1 aliphatic rings. The van der Waals surface area contributed by atoms with Gasteiger partial charge in [0.25, 0.3) is 0 Å². The summed E-state index contributed by atoms with van der Waals surface area (Å²) in [7, 11) is 5.96. The number of anilines is 1. The number of benzene rings is 4. The molecule has 0 saturated carbocycles. The van der Waals surface area contributed by atoms with E-state index in [1.807, 2.05) is 24.3 Å². The molecule has 0 aliphatic carbocycles.